The molecule has 1 heterocycles. The Balaban J connectivity index is 2.22. The molecule has 0 spiro atoms. The maximum Gasteiger partial charge on any atom is 0.241 e. The number of rotatable bonds is 4. The number of sulfonamides is 1. The van der Waals surface area contributed by atoms with Gasteiger partial charge in [0.2, 0.25) is 10.0 Å². The van der Waals surface area contributed by atoms with Gasteiger partial charge in [-0.15, -0.1) is 11.3 Å². The number of nitrogen functional groups attached to an aromatic ring is 1. The molecule has 0 fully saturated rings. The number of halogens is 1. The maximum absolute atomic E-state index is 12.2. The molecule has 5 nitrogen and oxygen atoms in total. The van der Waals surface area contributed by atoms with Crippen molar-refractivity contribution < 1.29 is 8.42 Å². The van der Waals surface area contributed by atoms with Crippen molar-refractivity contribution in [1.82, 2.24) is 9.71 Å². The number of nitrogens with one attached hydrogen (secondary N) is 1. The molecule has 0 aliphatic rings. The van der Waals surface area contributed by atoms with E-state index in [1.807, 2.05) is 6.92 Å². The van der Waals surface area contributed by atoms with Gasteiger partial charge < -0.3 is 5.73 Å². The fourth-order valence-corrected chi connectivity index (χ4v) is 3.71. The van der Waals surface area contributed by atoms with Crippen LogP contribution < -0.4 is 10.5 Å². The van der Waals surface area contributed by atoms with E-state index in [1.165, 1.54) is 23.5 Å². The zero-order valence-corrected chi connectivity index (χ0v) is 13.4. The lowest BCUT2D eigenvalue weighted by Crippen LogP contribution is -2.23. The normalized spacial score (nSPS) is 11.8. The highest BCUT2D eigenvalue weighted by atomic mass is 35.5. The lowest BCUT2D eigenvalue weighted by Gasteiger charge is -2.09. The van der Waals surface area contributed by atoms with Gasteiger partial charge in [-0.1, -0.05) is 11.6 Å². The van der Waals surface area contributed by atoms with Gasteiger partial charge in [0.25, 0.3) is 0 Å². The minimum absolute atomic E-state index is 0.0545. The Morgan fingerprint density at radius 2 is 2.10 bits per heavy atom. The molecule has 0 bridgehead atoms. The number of nitrogens with zero attached hydrogens (tertiary/aromatic N) is 1. The zero-order valence-electron chi connectivity index (χ0n) is 11.0. The topological polar surface area (TPSA) is 85.1 Å². The fourth-order valence-electron chi connectivity index (χ4n) is 1.55. The van der Waals surface area contributed by atoms with E-state index >= 15 is 0 Å². The van der Waals surface area contributed by atoms with Crippen LogP contribution in [0.3, 0.4) is 0 Å². The molecule has 2 aromatic rings. The van der Waals surface area contributed by atoms with E-state index in [0.717, 1.165) is 4.88 Å². The summed E-state index contributed by atoms with van der Waals surface area (Å²) in [7, 11) is -3.66. The fraction of sp³-hybridized carbons (Fsp3) is 0.250. The Bertz CT molecular complexity index is 718. The predicted molar refractivity (Wildman–Crippen MR) is 81.5 cm³/mol. The molecule has 2 rings (SSSR count). The average molecular weight is 332 g/mol. The van der Waals surface area contributed by atoms with Crippen molar-refractivity contribution in [3.05, 3.63) is 38.8 Å². The monoisotopic (exact) mass is 331 g/mol. The molecule has 8 heteroatoms. The third kappa shape index (κ3) is 3.29. The van der Waals surface area contributed by atoms with E-state index in [9.17, 15) is 8.42 Å². The summed E-state index contributed by atoms with van der Waals surface area (Å²) in [5.41, 5.74) is 6.76. The highest BCUT2D eigenvalue weighted by molar-refractivity contribution is 7.89. The van der Waals surface area contributed by atoms with Gasteiger partial charge >= 0.3 is 0 Å². The molecule has 20 heavy (non-hydrogen) atoms. The van der Waals surface area contributed by atoms with Crippen LogP contribution >= 0.6 is 22.9 Å². The number of aromatic nitrogens is 1. The van der Waals surface area contributed by atoms with E-state index in [2.05, 4.69) is 9.71 Å². The van der Waals surface area contributed by atoms with Crippen molar-refractivity contribution in [3.8, 4) is 0 Å². The van der Waals surface area contributed by atoms with Crippen LogP contribution in [0.2, 0.25) is 5.02 Å². The van der Waals surface area contributed by atoms with Crippen LogP contribution in [0.25, 0.3) is 0 Å². The largest absolute Gasteiger partial charge is 0.398 e. The van der Waals surface area contributed by atoms with Crippen molar-refractivity contribution in [1.29, 1.82) is 0 Å². The van der Waals surface area contributed by atoms with Crippen LogP contribution in [-0.4, -0.2) is 13.4 Å². The van der Waals surface area contributed by atoms with E-state index in [1.54, 1.807) is 13.1 Å². The summed E-state index contributed by atoms with van der Waals surface area (Å²) in [5.74, 6) is 0. The van der Waals surface area contributed by atoms with E-state index < -0.39 is 10.0 Å². The molecule has 0 radical (unpaired) electrons. The highest BCUT2D eigenvalue weighted by Crippen LogP contribution is 2.26. The van der Waals surface area contributed by atoms with Gasteiger partial charge in [0.15, 0.2) is 0 Å². The van der Waals surface area contributed by atoms with Crippen molar-refractivity contribution >= 4 is 38.6 Å². The first-order valence-electron chi connectivity index (χ1n) is 5.76. The van der Waals surface area contributed by atoms with Gasteiger partial charge in [0.05, 0.1) is 11.4 Å². The molecule has 0 saturated heterocycles. The second-order valence-corrected chi connectivity index (χ2v) is 7.80. The molecule has 3 N–H and O–H groups in total. The third-order valence-electron chi connectivity index (χ3n) is 2.75. The van der Waals surface area contributed by atoms with Crippen LogP contribution in [0, 0.1) is 13.8 Å². The van der Waals surface area contributed by atoms with Crippen LogP contribution in [0.4, 0.5) is 5.69 Å². The Morgan fingerprint density at radius 3 is 2.65 bits per heavy atom. The van der Waals surface area contributed by atoms with Gasteiger partial charge in [-0.2, -0.15) is 0 Å². The molecule has 0 unspecified atom stereocenters. The summed E-state index contributed by atoms with van der Waals surface area (Å²) in [5, 5.41) is 1.03. The van der Waals surface area contributed by atoms with E-state index in [4.69, 9.17) is 17.3 Å². The van der Waals surface area contributed by atoms with Crippen LogP contribution in [0.1, 0.15) is 15.4 Å². The minimum atomic E-state index is -3.66. The van der Waals surface area contributed by atoms with Crippen LogP contribution in [-0.2, 0) is 16.6 Å². The molecule has 1 aromatic heterocycles. The lowest BCUT2D eigenvalue weighted by molar-refractivity contribution is 0.581. The molecule has 0 amide bonds. The number of hydrogen-bond donors (Lipinski definition) is 2. The van der Waals surface area contributed by atoms with Gasteiger partial charge in [-0.3, -0.25) is 0 Å². The van der Waals surface area contributed by atoms with Gasteiger partial charge in [-0.05, 0) is 31.5 Å². The summed E-state index contributed by atoms with van der Waals surface area (Å²) in [6, 6.07) is 2.79. The van der Waals surface area contributed by atoms with Crippen molar-refractivity contribution in [2.24, 2.45) is 0 Å². The second kappa shape index (κ2) is 5.69. The summed E-state index contributed by atoms with van der Waals surface area (Å²) in [6.45, 7) is 3.79. The molecule has 0 atom stereocenters. The molecule has 108 valence electrons. The smallest absolute Gasteiger partial charge is 0.241 e. The van der Waals surface area contributed by atoms with Crippen LogP contribution in [0.15, 0.2) is 23.2 Å². The molecule has 0 saturated carbocycles. The molecular formula is C12H14ClN3O2S2. The average Bonchev–Trinajstić information content (AvgIpc) is 2.79. The lowest BCUT2D eigenvalue weighted by atomic mass is 10.2. The predicted octanol–water partition coefficient (Wildman–Crippen LogP) is 2.47. The summed E-state index contributed by atoms with van der Waals surface area (Å²) < 4.78 is 26.8. The third-order valence-corrected chi connectivity index (χ3v) is 5.44. The Labute approximate surface area is 126 Å². The van der Waals surface area contributed by atoms with Crippen LogP contribution in [0.5, 0.6) is 0 Å². The van der Waals surface area contributed by atoms with E-state index in [-0.39, 0.29) is 11.4 Å². The zero-order chi connectivity index (χ0) is 14.9. The number of nitrogens with two attached hydrogens (primary N) is 1. The Hall–Kier alpha value is -1.15. The van der Waals surface area contributed by atoms with Gasteiger partial charge in [0, 0.05) is 21.8 Å². The van der Waals surface area contributed by atoms with Crippen molar-refractivity contribution in [3.63, 3.8) is 0 Å². The number of hydrogen-bond acceptors (Lipinski definition) is 5. The number of thiazole rings is 1. The SMILES string of the molecule is Cc1cnc(CNS(=O)(=O)c2cc(N)c(C)c(Cl)c2)s1. The first-order chi connectivity index (χ1) is 9.29. The highest BCUT2D eigenvalue weighted by Gasteiger charge is 2.17. The Morgan fingerprint density at radius 1 is 1.40 bits per heavy atom. The first-order valence-corrected chi connectivity index (χ1v) is 8.44. The number of anilines is 1. The van der Waals surface area contributed by atoms with Gasteiger partial charge in [0.1, 0.15) is 5.01 Å². The Kier molecular flexibility index (Phi) is 4.33. The number of aryl methyl sites for hydroxylation is 1. The maximum atomic E-state index is 12.2. The summed E-state index contributed by atoms with van der Waals surface area (Å²) in [4.78, 5) is 5.19. The molecule has 1 aromatic carbocycles. The molecule has 0 aliphatic heterocycles. The standard InChI is InChI=1S/C12H14ClN3O2S2/c1-7-5-15-12(19-7)6-16-20(17,18)9-3-10(13)8(2)11(14)4-9/h3-5,16H,6,14H2,1-2H3. The quantitative estimate of drug-likeness (QED) is 0.843. The molecule has 0 aliphatic carbocycles. The minimum Gasteiger partial charge on any atom is -0.398 e. The summed E-state index contributed by atoms with van der Waals surface area (Å²) in [6.07, 6.45) is 1.70. The van der Waals surface area contributed by atoms with E-state index in [0.29, 0.717) is 21.3 Å². The van der Waals surface area contributed by atoms with Crippen molar-refractivity contribution in [2.75, 3.05) is 5.73 Å². The van der Waals surface area contributed by atoms with Crippen molar-refractivity contribution in [2.45, 2.75) is 25.3 Å². The number of benzene rings is 1. The molecular weight excluding hydrogens is 318 g/mol. The second-order valence-electron chi connectivity index (χ2n) is 4.31. The summed E-state index contributed by atoms with van der Waals surface area (Å²) >= 11 is 7.41. The van der Waals surface area contributed by atoms with Gasteiger partial charge in [-0.25, -0.2) is 18.1 Å². The first kappa shape index (κ1) is 15.2.